The minimum absolute atomic E-state index is 0.106. The molecule has 8 heteroatoms. The van der Waals surface area contributed by atoms with Crippen LogP contribution in [0.4, 0.5) is 0 Å². The molecule has 0 fully saturated rings. The fourth-order valence-corrected chi connectivity index (χ4v) is 4.78. The highest BCUT2D eigenvalue weighted by molar-refractivity contribution is 7.98. The molecule has 0 aliphatic heterocycles. The normalized spacial score (nSPS) is 10.9. The Balaban J connectivity index is 1.79. The predicted molar refractivity (Wildman–Crippen MR) is 138 cm³/mol. The van der Waals surface area contributed by atoms with Gasteiger partial charge in [0.2, 0.25) is 0 Å². The summed E-state index contributed by atoms with van der Waals surface area (Å²) in [5.41, 5.74) is 2.41. The number of rotatable bonds is 9. The Labute approximate surface area is 207 Å². The van der Waals surface area contributed by atoms with Crippen molar-refractivity contribution in [3.63, 3.8) is 0 Å². The SMILES string of the molecule is CCOc1ccc(-n2c(SCc3cc(C(C)=O)c(OC)cc3OC)nc3ccccc3c2=O)cc1. The van der Waals surface area contributed by atoms with E-state index >= 15 is 0 Å². The monoisotopic (exact) mass is 490 g/mol. The van der Waals surface area contributed by atoms with Crippen LogP contribution in [0.2, 0.25) is 0 Å². The molecule has 7 nitrogen and oxygen atoms in total. The zero-order valence-electron chi connectivity index (χ0n) is 20.0. The van der Waals surface area contributed by atoms with Crippen LogP contribution >= 0.6 is 11.8 Å². The number of ether oxygens (including phenoxy) is 3. The molecule has 4 rings (SSSR count). The Morgan fingerprint density at radius 1 is 1.00 bits per heavy atom. The molecular weight excluding hydrogens is 464 g/mol. The standard InChI is InChI=1S/C27H26N2O5S/c1-5-34-20-12-10-19(11-13-20)29-26(31)21-8-6-7-9-23(21)28-27(29)35-16-18-14-22(17(2)30)25(33-4)15-24(18)32-3/h6-15H,5,16H2,1-4H3. The van der Waals surface area contributed by atoms with Crippen LogP contribution < -0.4 is 19.8 Å². The lowest BCUT2D eigenvalue weighted by molar-refractivity contribution is 0.101. The maximum absolute atomic E-state index is 13.5. The summed E-state index contributed by atoms with van der Waals surface area (Å²) in [5.74, 6) is 2.10. The Kier molecular flexibility index (Phi) is 7.41. The number of nitrogens with zero attached hydrogens (tertiary/aromatic N) is 2. The highest BCUT2D eigenvalue weighted by Crippen LogP contribution is 2.34. The quantitative estimate of drug-likeness (QED) is 0.179. The maximum Gasteiger partial charge on any atom is 0.266 e. The minimum Gasteiger partial charge on any atom is -0.496 e. The number of hydrogen-bond donors (Lipinski definition) is 0. The molecule has 1 aromatic heterocycles. The van der Waals surface area contributed by atoms with Crippen LogP contribution in [0.1, 0.15) is 29.8 Å². The van der Waals surface area contributed by atoms with Crippen LogP contribution in [0, 0.1) is 0 Å². The van der Waals surface area contributed by atoms with Gasteiger partial charge in [-0.3, -0.25) is 14.2 Å². The zero-order valence-corrected chi connectivity index (χ0v) is 20.8. The van der Waals surface area contributed by atoms with Gasteiger partial charge in [-0.1, -0.05) is 23.9 Å². The molecule has 1 heterocycles. The summed E-state index contributed by atoms with van der Waals surface area (Å²) in [7, 11) is 3.09. The zero-order chi connectivity index (χ0) is 24.9. The van der Waals surface area contributed by atoms with E-state index < -0.39 is 0 Å². The molecule has 0 N–H and O–H groups in total. The molecule has 0 aliphatic rings. The van der Waals surface area contributed by atoms with Gasteiger partial charge in [0.05, 0.1) is 43.0 Å². The minimum atomic E-state index is -0.159. The molecule has 0 saturated heterocycles. The van der Waals surface area contributed by atoms with E-state index in [2.05, 4.69) is 0 Å². The summed E-state index contributed by atoms with van der Waals surface area (Å²) < 4.78 is 18.1. The number of benzene rings is 3. The summed E-state index contributed by atoms with van der Waals surface area (Å²) in [5, 5.41) is 1.06. The second-order valence-electron chi connectivity index (χ2n) is 7.69. The Hall–Kier alpha value is -3.78. The molecule has 4 aromatic rings. The lowest BCUT2D eigenvalue weighted by atomic mass is 10.1. The number of hydrogen-bond acceptors (Lipinski definition) is 7. The molecule has 0 unspecified atom stereocenters. The van der Waals surface area contributed by atoms with Crippen LogP contribution in [-0.2, 0) is 5.75 Å². The first-order valence-corrected chi connectivity index (χ1v) is 12.1. The van der Waals surface area contributed by atoms with Crippen molar-refractivity contribution in [2.75, 3.05) is 20.8 Å². The van der Waals surface area contributed by atoms with Crippen LogP contribution in [0.15, 0.2) is 70.6 Å². The van der Waals surface area contributed by atoms with Crippen molar-refractivity contribution in [1.82, 2.24) is 9.55 Å². The number of ketones is 1. The number of aromatic nitrogens is 2. The second-order valence-corrected chi connectivity index (χ2v) is 8.63. The van der Waals surface area contributed by atoms with Gasteiger partial charge < -0.3 is 14.2 Å². The third-order valence-corrected chi connectivity index (χ3v) is 6.48. The molecule has 0 amide bonds. The Morgan fingerprint density at radius 2 is 1.71 bits per heavy atom. The summed E-state index contributed by atoms with van der Waals surface area (Å²) in [6.07, 6.45) is 0. The summed E-state index contributed by atoms with van der Waals surface area (Å²) in [6.45, 7) is 3.98. The average molecular weight is 491 g/mol. The van der Waals surface area contributed by atoms with Crippen molar-refractivity contribution in [3.8, 4) is 22.9 Å². The molecule has 0 saturated carbocycles. The number of carbonyl (C=O) groups is 1. The van der Waals surface area contributed by atoms with E-state index in [-0.39, 0.29) is 11.3 Å². The van der Waals surface area contributed by atoms with Gasteiger partial charge in [0.15, 0.2) is 10.9 Å². The van der Waals surface area contributed by atoms with Gasteiger partial charge in [-0.2, -0.15) is 0 Å². The number of methoxy groups -OCH3 is 2. The first-order valence-electron chi connectivity index (χ1n) is 11.1. The molecule has 0 atom stereocenters. The van der Waals surface area contributed by atoms with E-state index in [1.165, 1.54) is 25.8 Å². The molecule has 0 radical (unpaired) electrons. The van der Waals surface area contributed by atoms with Crippen molar-refractivity contribution >= 4 is 28.4 Å². The largest absolute Gasteiger partial charge is 0.496 e. The van der Waals surface area contributed by atoms with Gasteiger partial charge in [0.25, 0.3) is 5.56 Å². The van der Waals surface area contributed by atoms with Gasteiger partial charge in [-0.15, -0.1) is 0 Å². The van der Waals surface area contributed by atoms with Gasteiger partial charge >= 0.3 is 0 Å². The number of thioether (sulfide) groups is 1. The molecule has 0 bridgehead atoms. The second kappa shape index (κ2) is 10.7. The number of carbonyl (C=O) groups excluding carboxylic acids is 1. The fraction of sp³-hybridized carbons (Fsp3) is 0.222. The van der Waals surface area contributed by atoms with Crippen LogP contribution in [-0.4, -0.2) is 36.2 Å². The number of fused-ring (bicyclic) bond motifs is 1. The van der Waals surface area contributed by atoms with E-state index in [1.807, 2.05) is 49.4 Å². The number of Topliss-reactive ketones (excluding diaryl/α,β-unsaturated/α-hetero) is 1. The Bertz CT molecular complexity index is 1430. The van der Waals surface area contributed by atoms with Crippen LogP contribution in [0.25, 0.3) is 16.6 Å². The fourth-order valence-electron chi connectivity index (χ4n) is 3.79. The predicted octanol–water partition coefficient (Wildman–Crippen LogP) is 5.30. The first kappa shape index (κ1) is 24.3. The van der Waals surface area contributed by atoms with Crippen molar-refractivity contribution in [2.45, 2.75) is 24.8 Å². The maximum atomic E-state index is 13.5. The van der Waals surface area contributed by atoms with E-state index in [9.17, 15) is 9.59 Å². The van der Waals surface area contributed by atoms with Crippen molar-refractivity contribution < 1.29 is 19.0 Å². The van der Waals surface area contributed by atoms with E-state index in [4.69, 9.17) is 19.2 Å². The van der Waals surface area contributed by atoms with Gasteiger partial charge in [0.1, 0.15) is 17.2 Å². The highest BCUT2D eigenvalue weighted by atomic mass is 32.2. The van der Waals surface area contributed by atoms with Gasteiger partial charge in [-0.25, -0.2) is 4.98 Å². The molecule has 180 valence electrons. The average Bonchev–Trinajstić information content (AvgIpc) is 2.87. The van der Waals surface area contributed by atoms with Crippen molar-refractivity contribution in [1.29, 1.82) is 0 Å². The smallest absolute Gasteiger partial charge is 0.266 e. The Morgan fingerprint density at radius 3 is 2.37 bits per heavy atom. The van der Waals surface area contributed by atoms with E-state index in [0.29, 0.717) is 51.2 Å². The van der Waals surface area contributed by atoms with Gasteiger partial charge in [-0.05, 0) is 56.3 Å². The summed E-state index contributed by atoms with van der Waals surface area (Å²) >= 11 is 1.39. The summed E-state index contributed by atoms with van der Waals surface area (Å²) in [6, 6.07) is 18.1. The molecule has 0 aliphatic carbocycles. The first-order chi connectivity index (χ1) is 17.0. The van der Waals surface area contributed by atoms with Crippen LogP contribution in [0.3, 0.4) is 0 Å². The lowest BCUT2D eigenvalue weighted by Crippen LogP contribution is -2.21. The molecular formula is C27H26N2O5S. The van der Waals surface area contributed by atoms with Crippen molar-refractivity contribution in [2.24, 2.45) is 0 Å². The number of para-hydroxylation sites is 1. The van der Waals surface area contributed by atoms with Gasteiger partial charge in [0, 0.05) is 17.4 Å². The summed E-state index contributed by atoms with van der Waals surface area (Å²) in [4.78, 5) is 30.5. The van der Waals surface area contributed by atoms with Crippen LogP contribution in [0.5, 0.6) is 17.2 Å². The lowest BCUT2D eigenvalue weighted by Gasteiger charge is -2.16. The topological polar surface area (TPSA) is 79.7 Å². The third kappa shape index (κ3) is 5.02. The van der Waals surface area contributed by atoms with E-state index in [0.717, 1.165) is 11.3 Å². The molecule has 35 heavy (non-hydrogen) atoms. The third-order valence-electron chi connectivity index (χ3n) is 5.49. The molecule has 3 aromatic carbocycles. The van der Waals surface area contributed by atoms with E-state index in [1.54, 1.807) is 29.9 Å². The molecule has 0 spiro atoms. The van der Waals surface area contributed by atoms with Crippen molar-refractivity contribution in [3.05, 3.63) is 82.1 Å². The highest BCUT2D eigenvalue weighted by Gasteiger charge is 2.18.